The average molecular weight is 219 g/mol. The van der Waals surface area contributed by atoms with Crippen molar-refractivity contribution >= 4 is 0 Å². The van der Waals surface area contributed by atoms with E-state index in [2.05, 4.69) is 0 Å². The van der Waals surface area contributed by atoms with E-state index in [1.54, 1.807) is 0 Å². The third-order valence-corrected chi connectivity index (χ3v) is 3.40. The van der Waals surface area contributed by atoms with Crippen molar-refractivity contribution in [1.29, 1.82) is 0 Å². The monoisotopic (exact) mass is 219 g/mol. The quantitative estimate of drug-likeness (QED) is 0.719. The van der Waals surface area contributed by atoms with Crippen LogP contribution in [0.5, 0.6) is 0 Å². The van der Waals surface area contributed by atoms with Crippen LogP contribution < -0.4 is 0 Å². The van der Waals surface area contributed by atoms with Crippen molar-refractivity contribution in [3.8, 4) is 0 Å². The summed E-state index contributed by atoms with van der Waals surface area (Å²) in [5.74, 6) is 0. The molecule has 0 aromatic rings. The van der Waals surface area contributed by atoms with E-state index >= 15 is 0 Å². The summed E-state index contributed by atoms with van der Waals surface area (Å²) in [4.78, 5) is 1.94. The molecular weight excluding hydrogens is 200 g/mol. The first-order valence-corrected chi connectivity index (χ1v) is 5.67. The maximum atomic E-state index is 13.3. The standard InChI is InChI=1S/C11H19F2NO/c1-8(2)15-7-11-3-9(12)5-14(11)6-10(13)4-11/h8-10H,3-7H2,1-2H3/t9-,10-/m1/s1. The lowest BCUT2D eigenvalue weighted by Gasteiger charge is -2.31. The van der Waals surface area contributed by atoms with Gasteiger partial charge in [0.2, 0.25) is 0 Å². The van der Waals surface area contributed by atoms with Crippen molar-refractivity contribution < 1.29 is 13.5 Å². The number of halogens is 2. The fourth-order valence-corrected chi connectivity index (χ4v) is 2.77. The highest BCUT2D eigenvalue weighted by atomic mass is 19.1. The van der Waals surface area contributed by atoms with Crippen LogP contribution in [0.4, 0.5) is 8.78 Å². The number of fused-ring (bicyclic) bond motifs is 1. The second kappa shape index (κ2) is 3.98. The second-order valence-electron chi connectivity index (χ2n) is 5.09. The lowest BCUT2D eigenvalue weighted by atomic mass is 9.94. The molecule has 2 rings (SSSR count). The highest BCUT2D eigenvalue weighted by Crippen LogP contribution is 2.41. The van der Waals surface area contributed by atoms with Crippen LogP contribution in [0.25, 0.3) is 0 Å². The highest BCUT2D eigenvalue weighted by molar-refractivity contribution is 5.06. The lowest BCUT2D eigenvalue weighted by Crippen LogP contribution is -2.43. The molecule has 88 valence electrons. The predicted octanol–water partition coefficient (Wildman–Crippen LogP) is 1.94. The van der Waals surface area contributed by atoms with Gasteiger partial charge in [-0.2, -0.15) is 0 Å². The molecule has 0 radical (unpaired) electrons. The Bertz CT molecular complexity index is 221. The molecule has 2 aliphatic heterocycles. The molecule has 2 saturated heterocycles. The highest BCUT2D eigenvalue weighted by Gasteiger charge is 2.52. The van der Waals surface area contributed by atoms with Gasteiger partial charge in [-0.3, -0.25) is 4.90 Å². The predicted molar refractivity (Wildman–Crippen MR) is 54.4 cm³/mol. The zero-order valence-electron chi connectivity index (χ0n) is 9.38. The summed E-state index contributed by atoms with van der Waals surface area (Å²) >= 11 is 0. The molecule has 2 atom stereocenters. The fourth-order valence-electron chi connectivity index (χ4n) is 2.77. The van der Waals surface area contributed by atoms with E-state index in [9.17, 15) is 8.78 Å². The third-order valence-electron chi connectivity index (χ3n) is 3.40. The molecule has 0 N–H and O–H groups in total. The molecule has 0 spiro atoms. The van der Waals surface area contributed by atoms with E-state index in [1.807, 2.05) is 18.7 Å². The molecule has 0 aromatic carbocycles. The third kappa shape index (κ3) is 2.16. The zero-order valence-corrected chi connectivity index (χ0v) is 9.38. The summed E-state index contributed by atoms with van der Waals surface area (Å²) < 4.78 is 32.2. The molecule has 0 aliphatic carbocycles. The minimum Gasteiger partial charge on any atom is -0.377 e. The van der Waals surface area contributed by atoms with Gasteiger partial charge in [0, 0.05) is 25.9 Å². The molecule has 2 heterocycles. The van der Waals surface area contributed by atoms with Gasteiger partial charge in [-0.05, 0) is 13.8 Å². The van der Waals surface area contributed by atoms with Crippen LogP contribution in [0.3, 0.4) is 0 Å². The molecule has 2 aliphatic rings. The summed E-state index contributed by atoms with van der Waals surface area (Å²) in [5, 5.41) is 0. The van der Waals surface area contributed by atoms with E-state index in [4.69, 9.17) is 4.74 Å². The Morgan fingerprint density at radius 2 is 1.80 bits per heavy atom. The van der Waals surface area contributed by atoms with Crippen LogP contribution in [-0.4, -0.2) is 48.6 Å². The van der Waals surface area contributed by atoms with Crippen molar-refractivity contribution in [1.82, 2.24) is 4.90 Å². The Morgan fingerprint density at radius 3 is 2.27 bits per heavy atom. The average Bonchev–Trinajstić information content (AvgIpc) is 2.53. The van der Waals surface area contributed by atoms with Gasteiger partial charge in [-0.25, -0.2) is 8.78 Å². The summed E-state index contributed by atoms with van der Waals surface area (Å²) in [7, 11) is 0. The second-order valence-corrected chi connectivity index (χ2v) is 5.09. The van der Waals surface area contributed by atoms with Gasteiger partial charge in [-0.15, -0.1) is 0 Å². The molecule has 15 heavy (non-hydrogen) atoms. The topological polar surface area (TPSA) is 12.5 Å². The van der Waals surface area contributed by atoms with E-state index in [0.717, 1.165) is 0 Å². The van der Waals surface area contributed by atoms with Crippen LogP contribution in [0.2, 0.25) is 0 Å². The van der Waals surface area contributed by atoms with Gasteiger partial charge < -0.3 is 4.74 Å². The normalized spacial score (nSPS) is 35.0. The Labute approximate surface area is 89.6 Å². The van der Waals surface area contributed by atoms with Gasteiger partial charge >= 0.3 is 0 Å². The summed E-state index contributed by atoms with van der Waals surface area (Å²) in [6.45, 7) is 5.12. The molecule has 2 fully saturated rings. The fraction of sp³-hybridized carbons (Fsp3) is 1.00. The minimum absolute atomic E-state index is 0.124. The number of rotatable bonds is 3. The first-order valence-electron chi connectivity index (χ1n) is 5.67. The molecule has 0 saturated carbocycles. The van der Waals surface area contributed by atoms with Crippen molar-refractivity contribution in [2.45, 2.75) is 50.7 Å². The maximum absolute atomic E-state index is 13.3. The van der Waals surface area contributed by atoms with Gasteiger partial charge in [0.1, 0.15) is 12.3 Å². The summed E-state index contributed by atoms with van der Waals surface area (Å²) in [6.07, 6.45) is -0.639. The minimum atomic E-state index is -0.812. The Hall–Kier alpha value is -0.220. The van der Waals surface area contributed by atoms with Crippen molar-refractivity contribution in [2.75, 3.05) is 19.7 Å². The van der Waals surface area contributed by atoms with Crippen molar-refractivity contribution in [3.63, 3.8) is 0 Å². The number of nitrogens with zero attached hydrogens (tertiary/aromatic N) is 1. The zero-order chi connectivity index (χ0) is 11.1. The van der Waals surface area contributed by atoms with Crippen LogP contribution in [-0.2, 0) is 4.74 Å². The van der Waals surface area contributed by atoms with E-state index in [0.29, 0.717) is 32.5 Å². The van der Waals surface area contributed by atoms with Crippen molar-refractivity contribution in [3.05, 3.63) is 0 Å². The molecule has 0 unspecified atom stereocenters. The largest absolute Gasteiger partial charge is 0.377 e. The first kappa shape index (κ1) is 11.3. The number of hydrogen-bond donors (Lipinski definition) is 0. The van der Waals surface area contributed by atoms with Gasteiger partial charge in [0.25, 0.3) is 0 Å². The molecule has 2 nitrogen and oxygen atoms in total. The Balaban J connectivity index is 2.02. The molecule has 4 heteroatoms. The van der Waals surface area contributed by atoms with Gasteiger partial charge in [0.05, 0.1) is 18.2 Å². The molecule has 0 amide bonds. The van der Waals surface area contributed by atoms with Crippen LogP contribution in [0.15, 0.2) is 0 Å². The van der Waals surface area contributed by atoms with E-state index in [1.165, 1.54) is 0 Å². The molecular formula is C11H19F2NO. The van der Waals surface area contributed by atoms with Gasteiger partial charge in [0.15, 0.2) is 0 Å². The maximum Gasteiger partial charge on any atom is 0.115 e. The Morgan fingerprint density at radius 1 is 1.27 bits per heavy atom. The summed E-state index contributed by atoms with van der Waals surface area (Å²) in [5.41, 5.74) is -0.358. The Kier molecular flexibility index (Phi) is 2.99. The van der Waals surface area contributed by atoms with Crippen LogP contribution >= 0.6 is 0 Å². The number of ether oxygens (including phenoxy) is 1. The van der Waals surface area contributed by atoms with Crippen LogP contribution in [0.1, 0.15) is 26.7 Å². The number of hydrogen-bond acceptors (Lipinski definition) is 2. The number of alkyl halides is 2. The van der Waals surface area contributed by atoms with E-state index < -0.39 is 12.3 Å². The SMILES string of the molecule is CC(C)OCC12C[C@@H](F)CN1C[C@H](F)C2. The van der Waals surface area contributed by atoms with E-state index in [-0.39, 0.29) is 11.6 Å². The van der Waals surface area contributed by atoms with Crippen molar-refractivity contribution in [2.24, 2.45) is 0 Å². The molecule has 0 bridgehead atoms. The lowest BCUT2D eigenvalue weighted by molar-refractivity contribution is 0.00236. The van der Waals surface area contributed by atoms with Gasteiger partial charge in [-0.1, -0.05) is 0 Å². The van der Waals surface area contributed by atoms with Crippen LogP contribution in [0, 0.1) is 0 Å². The first-order chi connectivity index (χ1) is 7.02. The molecule has 0 aromatic heterocycles. The summed E-state index contributed by atoms with van der Waals surface area (Å²) in [6, 6.07) is 0. The smallest absolute Gasteiger partial charge is 0.115 e.